The second kappa shape index (κ2) is 5.72. The van der Waals surface area contributed by atoms with E-state index in [1.807, 2.05) is 30.9 Å². The van der Waals surface area contributed by atoms with Crippen molar-refractivity contribution in [1.82, 2.24) is 4.90 Å². The molecule has 18 heavy (non-hydrogen) atoms. The van der Waals surface area contributed by atoms with E-state index in [9.17, 15) is 4.79 Å². The van der Waals surface area contributed by atoms with Gasteiger partial charge in [0, 0.05) is 33.8 Å². The molecule has 98 valence electrons. The number of carbonyl (C=O) groups excluding carboxylic acids is 1. The van der Waals surface area contributed by atoms with Gasteiger partial charge in [-0.15, -0.1) is 11.8 Å². The fourth-order valence-corrected chi connectivity index (χ4v) is 3.86. The predicted octanol–water partition coefficient (Wildman–Crippen LogP) is 4.22. The highest BCUT2D eigenvalue weighted by Crippen LogP contribution is 2.42. The second-order valence-electron chi connectivity index (χ2n) is 4.58. The first-order chi connectivity index (χ1) is 8.50. The highest BCUT2D eigenvalue weighted by molar-refractivity contribution is 7.99. The van der Waals surface area contributed by atoms with E-state index < -0.39 is 0 Å². The number of hydrogen-bond acceptors (Lipinski definition) is 2. The zero-order chi connectivity index (χ0) is 13.3. The molecule has 0 N–H and O–H groups in total. The summed E-state index contributed by atoms with van der Waals surface area (Å²) in [5, 5.41) is 1.27. The fraction of sp³-hybridized carbons (Fsp3) is 0.462. The van der Waals surface area contributed by atoms with E-state index in [1.165, 1.54) is 0 Å². The maximum atomic E-state index is 12.2. The third kappa shape index (κ3) is 2.79. The maximum Gasteiger partial charge on any atom is 0.226 e. The molecule has 1 aliphatic rings. The molecule has 0 radical (unpaired) electrons. The van der Waals surface area contributed by atoms with Gasteiger partial charge in [-0.1, -0.05) is 43.1 Å². The van der Waals surface area contributed by atoms with Crippen molar-refractivity contribution >= 4 is 40.9 Å². The molecule has 0 bridgehead atoms. The average Bonchev–Trinajstić information content (AvgIpc) is 2.76. The smallest absolute Gasteiger partial charge is 0.226 e. The van der Waals surface area contributed by atoms with Gasteiger partial charge in [0.05, 0.1) is 0 Å². The van der Waals surface area contributed by atoms with Gasteiger partial charge in [-0.05, 0) is 12.1 Å². The lowest BCUT2D eigenvalue weighted by atomic mass is 10.1. The number of rotatable bonds is 2. The van der Waals surface area contributed by atoms with Gasteiger partial charge in [-0.2, -0.15) is 0 Å². The monoisotopic (exact) mass is 303 g/mol. The van der Waals surface area contributed by atoms with Crippen LogP contribution in [0.25, 0.3) is 0 Å². The molecular weight excluding hydrogens is 289 g/mol. The van der Waals surface area contributed by atoms with Crippen LogP contribution in [0.2, 0.25) is 10.0 Å². The van der Waals surface area contributed by atoms with E-state index in [0.29, 0.717) is 10.0 Å². The molecule has 1 saturated heterocycles. The minimum absolute atomic E-state index is 0.0114. The van der Waals surface area contributed by atoms with Crippen molar-refractivity contribution in [2.45, 2.75) is 19.2 Å². The van der Waals surface area contributed by atoms with Gasteiger partial charge < -0.3 is 4.90 Å². The molecule has 1 aliphatic heterocycles. The summed E-state index contributed by atoms with van der Waals surface area (Å²) in [6.45, 7) is 4.63. The van der Waals surface area contributed by atoms with Gasteiger partial charge in [-0.3, -0.25) is 4.79 Å². The number of hydrogen-bond donors (Lipinski definition) is 0. The lowest BCUT2D eigenvalue weighted by Gasteiger charge is -2.26. The Hall–Kier alpha value is -0.380. The van der Waals surface area contributed by atoms with Gasteiger partial charge in [0.1, 0.15) is 5.37 Å². The van der Waals surface area contributed by atoms with Gasteiger partial charge in [0.25, 0.3) is 0 Å². The molecule has 1 aromatic rings. The van der Waals surface area contributed by atoms with Crippen molar-refractivity contribution in [1.29, 1.82) is 0 Å². The molecule has 0 aliphatic carbocycles. The van der Waals surface area contributed by atoms with Gasteiger partial charge >= 0.3 is 0 Å². The molecule has 1 atom stereocenters. The Labute approximate surface area is 122 Å². The molecule has 5 heteroatoms. The summed E-state index contributed by atoms with van der Waals surface area (Å²) in [4.78, 5) is 14.1. The van der Waals surface area contributed by atoms with Crippen molar-refractivity contribution in [3.8, 4) is 0 Å². The summed E-state index contributed by atoms with van der Waals surface area (Å²) in [6.07, 6.45) is 0. The zero-order valence-corrected chi connectivity index (χ0v) is 12.6. The number of benzene rings is 1. The molecule has 0 saturated carbocycles. The minimum atomic E-state index is 0.0114. The Balaban J connectivity index is 2.29. The third-order valence-corrected chi connectivity index (χ3v) is 4.70. The SMILES string of the molecule is CC(C)C(=O)N1CCS[C@H]1c1ccc(Cl)cc1Cl. The Bertz CT molecular complexity index is 464. The lowest BCUT2D eigenvalue weighted by molar-refractivity contribution is -0.134. The predicted molar refractivity (Wildman–Crippen MR) is 78.2 cm³/mol. The van der Waals surface area contributed by atoms with Crippen molar-refractivity contribution in [3.63, 3.8) is 0 Å². The van der Waals surface area contributed by atoms with Crippen LogP contribution in [0.1, 0.15) is 24.8 Å². The van der Waals surface area contributed by atoms with E-state index in [0.717, 1.165) is 17.9 Å². The standard InChI is InChI=1S/C13H15Cl2NOS/c1-8(2)12(17)16-5-6-18-13(16)10-4-3-9(14)7-11(10)15/h3-4,7-8,13H,5-6H2,1-2H3/t13-/m0/s1. The molecule has 1 fully saturated rings. The zero-order valence-electron chi connectivity index (χ0n) is 10.3. The summed E-state index contributed by atoms with van der Waals surface area (Å²) in [7, 11) is 0. The quantitative estimate of drug-likeness (QED) is 0.815. The summed E-state index contributed by atoms with van der Waals surface area (Å²) in [5.74, 6) is 1.13. The third-order valence-electron chi connectivity index (χ3n) is 2.90. The Kier molecular flexibility index (Phi) is 4.46. The van der Waals surface area contributed by atoms with Gasteiger partial charge in [0.2, 0.25) is 5.91 Å². The number of halogens is 2. The van der Waals surface area contributed by atoms with Crippen LogP contribution in [0, 0.1) is 5.92 Å². The average molecular weight is 304 g/mol. The van der Waals surface area contributed by atoms with E-state index in [1.54, 1.807) is 17.8 Å². The van der Waals surface area contributed by atoms with E-state index in [4.69, 9.17) is 23.2 Å². The molecule has 2 rings (SSSR count). The molecule has 1 amide bonds. The first kappa shape index (κ1) is 14.0. The molecule has 1 heterocycles. The number of amides is 1. The minimum Gasteiger partial charge on any atom is -0.325 e. The molecule has 0 unspecified atom stereocenters. The molecule has 0 aromatic heterocycles. The lowest BCUT2D eigenvalue weighted by Crippen LogP contribution is -2.33. The summed E-state index contributed by atoms with van der Waals surface area (Å²) >= 11 is 13.9. The highest BCUT2D eigenvalue weighted by atomic mass is 35.5. The topological polar surface area (TPSA) is 20.3 Å². The molecule has 0 spiro atoms. The normalized spacial score (nSPS) is 19.6. The van der Waals surface area contributed by atoms with E-state index in [2.05, 4.69) is 0 Å². The first-order valence-electron chi connectivity index (χ1n) is 5.87. The fourth-order valence-electron chi connectivity index (χ4n) is 1.99. The van der Waals surface area contributed by atoms with Crippen LogP contribution in [0.4, 0.5) is 0 Å². The highest BCUT2D eigenvalue weighted by Gasteiger charge is 2.32. The van der Waals surface area contributed by atoms with Crippen LogP contribution in [0.3, 0.4) is 0 Å². The van der Waals surface area contributed by atoms with Crippen molar-refractivity contribution < 1.29 is 4.79 Å². The number of nitrogens with zero attached hydrogens (tertiary/aromatic N) is 1. The van der Waals surface area contributed by atoms with Gasteiger partial charge in [0.15, 0.2) is 0 Å². The largest absolute Gasteiger partial charge is 0.325 e. The molecule has 2 nitrogen and oxygen atoms in total. The summed E-state index contributed by atoms with van der Waals surface area (Å²) in [5.41, 5.74) is 0.970. The Morgan fingerprint density at radius 3 is 2.78 bits per heavy atom. The maximum absolute atomic E-state index is 12.2. The van der Waals surface area contributed by atoms with E-state index in [-0.39, 0.29) is 17.2 Å². The summed E-state index contributed by atoms with van der Waals surface area (Å²) in [6, 6.07) is 5.46. The number of carbonyl (C=O) groups is 1. The van der Waals surface area contributed by atoms with E-state index >= 15 is 0 Å². The van der Waals surface area contributed by atoms with Crippen LogP contribution in [-0.2, 0) is 4.79 Å². The molecule has 1 aromatic carbocycles. The van der Waals surface area contributed by atoms with Crippen molar-refractivity contribution in [3.05, 3.63) is 33.8 Å². The van der Waals surface area contributed by atoms with Crippen LogP contribution < -0.4 is 0 Å². The van der Waals surface area contributed by atoms with Crippen LogP contribution in [0.15, 0.2) is 18.2 Å². The second-order valence-corrected chi connectivity index (χ2v) is 6.61. The first-order valence-corrected chi connectivity index (χ1v) is 7.68. The molecular formula is C13H15Cl2NOS. The van der Waals surface area contributed by atoms with Crippen molar-refractivity contribution in [2.75, 3.05) is 12.3 Å². The van der Waals surface area contributed by atoms with Crippen LogP contribution in [0.5, 0.6) is 0 Å². The van der Waals surface area contributed by atoms with Crippen LogP contribution >= 0.6 is 35.0 Å². The van der Waals surface area contributed by atoms with Crippen molar-refractivity contribution in [2.24, 2.45) is 5.92 Å². The van der Waals surface area contributed by atoms with Gasteiger partial charge in [-0.25, -0.2) is 0 Å². The Morgan fingerprint density at radius 1 is 1.44 bits per heavy atom. The summed E-state index contributed by atoms with van der Waals surface area (Å²) < 4.78 is 0. The van der Waals surface area contributed by atoms with Crippen LogP contribution in [-0.4, -0.2) is 23.1 Å². The number of thioether (sulfide) groups is 1. The Morgan fingerprint density at radius 2 is 2.17 bits per heavy atom.